The van der Waals surface area contributed by atoms with Crippen LogP contribution in [-0.2, 0) is 4.79 Å². The number of ether oxygens (including phenoxy) is 4. The Kier molecular flexibility index (Phi) is 8.60. The van der Waals surface area contributed by atoms with Gasteiger partial charge >= 0.3 is 5.97 Å². The van der Waals surface area contributed by atoms with E-state index in [1.54, 1.807) is 37.3 Å². The van der Waals surface area contributed by atoms with Gasteiger partial charge in [0, 0.05) is 10.0 Å². The fraction of sp³-hybridized carbons (Fsp3) is 0.138. The van der Waals surface area contributed by atoms with E-state index in [2.05, 4.69) is 26.5 Å². The SMILES string of the molecule is COc1ccc(C(=O)Oc2ccc(Br)cc2C=NNC(=O)C(C)Oc2ccc3ccccc3c2)cc1OC. The zero-order chi connectivity index (χ0) is 27.1. The van der Waals surface area contributed by atoms with Crippen LogP contribution in [0.2, 0.25) is 0 Å². The summed E-state index contributed by atoms with van der Waals surface area (Å²) in [6, 6.07) is 23.3. The average molecular weight is 577 g/mol. The Morgan fingerprint density at radius 2 is 1.61 bits per heavy atom. The molecule has 1 amide bonds. The molecular weight excluding hydrogens is 552 g/mol. The maximum Gasteiger partial charge on any atom is 0.343 e. The number of fused-ring (bicyclic) bond motifs is 1. The first-order valence-corrected chi connectivity index (χ1v) is 12.4. The fourth-order valence-corrected chi connectivity index (χ4v) is 3.97. The quantitative estimate of drug-likeness (QED) is 0.118. The molecule has 0 aromatic heterocycles. The van der Waals surface area contributed by atoms with Gasteiger partial charge in [0.1, 0.15) is 11.5 Å². The number of carbonyl (C=O) groups is 2. The zero-order valence-electron chi connectivity index (χ0n) is 20.9. The van der Waals surface area contributed by atoms with Crippen LogP contribution in [0.15, 0.2) is 88.4 Å². The molecular formula is C29H25BrN2O6. The van der Waals surface area contributed by atoms with Gasteiger partial charge in [-0.05, 0) is 66.2 Å². The second-order valence-electron chi connectivity index (χ2n) is 8.14. The summed E-state index contributed by atoms with van der Waals surface area (Å²) in [5, 5.41) is 6.13. The van der Waals surface area contributed by atoms with Crippen molar-refractivity contribution in [3.63, 3.8) is 0 Å². The second-order valence-corrected chi connectivity index (χ2v) is 9.06. The minimum atomic E-state index is -0.793. The third-order valence-corrected chi connectivity index (χ3v) is 6.07. The molecule has 0 saturated carbocycles. The van der Waals surface area contributed by atoms with E-state index < -0.39 is 18.0 Å². The number of benzene rings is 4. The van der Waals surface area contributed by atoms with E-state index in [1.165, 1.54) is 26.5 Å². The summed E-state index contributed by atoms with van der Waals surface area (Å²) in [5.41, 5.74) is 3.22. The number of carbonyl (C=O) groups excluding carboxylic acids is 2. The zero-order valence-corrected chi connectivity index (χ0v) is 22.5. The Bertz CT molecular complexity index is 1500. The van der Waals surface area contributed by atoms with E-state index in [9.17, 15) is 9.59 Å². The van der Waals surface area contributed by atoms with Gasteiger partial charge in [-0.3, -0.25) is 4.79 Å². The summed E-state index contributed by atoms with van der Waals surface area (Å²) in [4.78, 5) is 25.3. The molecule has 0 heterocycles. The van der Waals surface area contributed by atoms with E-state index >= 15 is 0 Å². The molecule has 4 aromatic rings. The minimum Gasteiger partial charge on any atom is -0.493 e. The molecule has 4 aromatic carbocycles. The molecule has 0 spiro atoms. The molecule has 0 bridgehead atoms. The van der Waals surface area contributed by atoms with Crippen LogP contribution in [0, 0.1) is 0 Å². The summed E-state index contributed by atoms with van der Waals surface area (Å²) < 4.78 is 22.6. The molecule has 194 valence electrons. The number of methoxy groups -OCH3 is 2. The molecule has 8 nitrogen and oxygen atoms in total. The van der Waals surface area contributed by atoms with Crippen LogP contribution in [0.4, 0.5) is 0 Å². The van der Waals surface area contributed by atoms with E-state index in [-0.39, 0.29) is 11.3 Å². The predicted molar refractivity (Wildman–Crippen MR) is 148 cm³/mol. The number of hydrogen-bond donors (Lipinski definition) is 1. The summed E-state index contributed by atoms with van der Waals surface area (Å²) in [6.45, 7) is 1.63. The Hall–Kier alpha value is -4.37. The van der Waals surface area contributed by atoms with Crippen molar-refractivity contribution in [1.29, 1.82) is 0 Å². The molecule has 1 atom stereocenters. The third kappa shape index (κ3) is 6.49. The van der Waals surface area contributed by atoms with Crippen LogP contribution < -0.4 is 24.4 Å². The molecule has 0 fully saturated rings. The topological polar surface area (TPSA) is 95.5 Å². The molecule has 1 N–H and O–H groups in total. The summed E-state index contributed by atoms with van der Waals surface area (Å²) in [6.07, 6.45) is 0.598. The lowest BCUT2D eigenvalue weighted by atomic mass is 10.1. The van der Waals surface area contributed by atoms with Gasteiger partial charge in [-0.1, -0.05) is 46.3 Å². The number of esters is 1. The van der Waals surface area contributed by atoms with Crippen LogP contribution in [0.3, 0.4) is 0 Å². The first-order chi connectivity index (χ1) is 18.4. The monoisotopic (exact) mass is 576 g/mol. The first-order valence-electron chi connectivity index (χ1n) is 11.6. The third-order valence-electron chi connectivity index (χ3n) is 5.58. The maximum atomic E-state index is 12.8. The van der Waals surface area contributed by atoms with Gasteiger partial charge in [0.2, 0.25) is 0 Å². The van der Waals surface area contributed by atoms with E-state index in [0.717, 1.165) is 15.2 Å². The van der Waals surface area contributed by atoms with Crippen molar-refractivity contribution in [2.75, 3.05) is 14.2 Å². The highest BCUT2D eigenvalue weighted by atomic mass is 79.9. The van der Waals surface area contributed by atoms with Crippen LogP contribution in [0.25, 0.3) is 10.8 Å². The van der Waals surface area contributed by atoms with Gasteiger partial charge in [0.25, 0.3) is 5.91 Å². The van der Waals surface area contributed by atoms with Gasteiger partial charge in [0.05, 0.1) is 26.0 Å². The maximum absolute atomic E-state index is 12.8. The van der Waals surface area contributed by atoms with E-state index in [1.807, 2.05) is 42.5 Å². The Morgan fingerprint density at radius 1 is 0.868 bits per heavy atom. The number of nitrogens with zero attached hydrogens (tertiary/aromatic N) is 1. The Balaban J connectivity index is 1.42. The smallest absolute Gasteiger partial charge is 0.343 e. The van der Waals surface area contributed by atoms with Crippen molar-refractivity contribution in [2.45, 2.75) is 13.0 Å². The lowest BCUT2D eigenvalue weighted by Gasteiger charge is -2.13. The van der Waals surface area contributed by atoms with Crippen molar-refractivity contribution in [3.8, 4) is 23.0 Å². The summed E-state index contributed by atoms with van der Waals surface area (Å²) in [5.74, 6) is 0.702. The van der Waals surface area contributed by atoms with Gasteiger partial charge in [0.15, 0.2) is 17.6 Å². The van der Waals surface area contributed by atoms with Crippen LogP contribution in [0.5, 0.6) is 23.0 Å². The molecule has 0 aliphatic carbocycles. The highest BCUT2D eigenvalue weighted by Crippen LogP contribution is 2.29. The summed E-state index contributed by atoms with van der Waals surface area (Å²) >= 11 is 3.40. The van der Waals surface area contributed by atoms with Gasteiger partial charge < -0.3 is 18.9 Å². The van der Waals surface area contributed by atoms with Crippen molar-refractivity contribution in [2.24, 2.45) is 5.10 Å². The van der Waals surface area contributed by atoms with Gasteiger partial charge in [-0.15, -0.1) is 0 Å². The molecule has 1 unspecified atom stereocenters. The van der Waals surface area contributed by atoms with Crippen molar-refractivity contribution in [1.82, 2.24) is 5.43 Å². The van der Waals surface area contributed by atoms with Crippen molar-refractivity contribution >= 4 is 44.8 Å². The number of nitrogens with one attached hydrogen (secondary N) is 1. The Morgan fingerprint density at radius 3 is 2.37 bits per heavy atom. The molecule has 4 rings (SSSR count). The largest absolute Gasteiger partial charge is 0.493 e. The molecule has 38 heavy (non-hydrogen) atoms. The lowest BCUT2D eigenvalue weighted by Crippen LogP contribution is -2.33. The molecule has 9 heteroatoms. The average Bonchev–Trinajstić information content (AvgIpc) is 2.93. The lowest BCUT2D eigenvalue weighted by molar-refractivity contribution is -0.127. The van der Waals surface area contributed by atoms with E-state index in [0.29, 0.717) is 22.8 Å². The molecule has 0 aliphatic rings. The number of halogens is 1. The predicted octanol–water partition coefficient (Wildman–Crippen LogP) is 5.76. The van der Waals surface area contributed by atoms with Crippen molar-refractivity contribution in [3.05, 3.63) is 94.5 Å². The van der Waals surface area contributed by atoms with Gasteiger partial charge in [-0.2, -0.15) is 5.10 Å². The molecule has 0 aliphatic heterocycles. The van der Waals surface area contributed by atoms with Crippen molar-refractivity contribution < 1.29 is 28.5 Å². The number of hydrazone groups is 1. The van der Waals surface area contributed by atoms with E-state index in [4.69, 9.17) is 18.9 Å². The first kappa shape index (κ1) is 26.7. The Labute approximate surface area is 228 Å². The minimum absolute atomic E-state index is 0.256. The molecule has 0 saturated heterocycles. The standard InChI is InChI=1S/C29H25BrN2O6/c1-18(37-24-11-8-19-6-4-5-7-20(19)15-24)28(33)32-31-17-22-14-23(30)10-13-25(22)38-29(34)21-9-12-26(35-2)27(16-21)36-3/h4-18H,1-3H3,(H,32,33). The highest BCUT2D eigenvalue weighted by molar-refractivity contribution is 9.10. The number of rotatable bonds is 9. The molecule has 0 radical (unpaired) electrons. The summed E-state index contributed by atoms with van der Waals surface area (Å²) in [7, 11) is 3.00. The number of hydrogen-bond acceptors (Lipinski definition) is 7. The van der Waals surface area contributed by atoms with Gasteiger partial charge in [-0.25, -0.2) is 10.2 Å². The normalized spacial score (nSPS) is 11.7. The van der Waals surface area contributed by atoms with Crippen LogP contribution in [-0.4, -0.2) is 38.4 Å². The second kappa shape index (κ2) is 12.2. The van der Waals surface area contributed by atoms with Crippen LogP contribution in [0.1, 0.15) is 22.8 Å². The fourth-order valence-electron chi connectivity index (χ4n) is 3.59. The highest BCUT2D eigenvalue weighted by Gasteiger charge is 2.16. The number of amides is 1. The van der Waals surface area contributed by atoms with Crippen LogP contribution >= 0.6 is 15.9 Å².